The molecule has 1 unspecified atom stereocenters. The summed E-state index contributed by atoms with van der Waals surface area (Å²) in [5, 5.41) is 4.07. The fourth-order valence-corrected chi connectivity index (χ4v) is 3.33. The minimum atomic E-state index is -4.46. The van der Waals surface area contributed by atoms with Crippen LogP contribution in [0.4, 0.5) is 18.9 Å². The van der Waals surface area contributed by atoms with E-state index < -0.39 is 11.7 Å². The molecular weight excluding hydrogens is 407 g/mol. The lowest BCUT2D eigenvalue weighted by Gasteiger charge is -2.20. The first-order valence-electron chi connectivity index (χ1n) is 10.0. The zero-order valence-electron chi connectivity index (χ0n) is 17.7. The summed E-state index contributed by atoms with van der Waals surface area (Å²) in [6.07, 6.45) is -2.70. The van der Waals surface area contributed by atoms with E-state index in [-0.39, 0.29) is 11.8 Å². The number of methoxy groups -OCH3 is 1. The van der Waals surface area contributed by atoms with Crippen molar-refractivity contribution in [1.29, 1.82) is 0 Å². The van der Waals surface area contributed by atoms with E-state index in [2.05, 4.69) is 17.2 Å². The van der Waals surface area contributed by atoms with Crippen molar-refractivity contribution in [1.82, 2.24) is 4.98 Å². The number of aryl methyl sites for hydroxylation is 1. The van der Waals surface area contributed by atoms with Gasteiger partial charge in [0.15, 0.2) is 11.5 Å². The summed E-state index contributed by atoms with van der Waals surface area (Å²) >= 11 is 0. The van der Waals surface area contributed by atoms with Crippen molar-refractivity contribution in [2.45, 2.75) is 38.9 Å². The van der Waals surface area contributed by atoms with Crippen molar-refractivity contribution in [3.8, 4) is 17.2 Å². The van der Waals surface area contributed by atoms with Gasteiger partial charge in [-0.1, -0.05) is 6.07 Å². The van der Waals surface area contributed by atoms with Crippen molar-refractivity contribution in [2.24, 2.45) is 5.73 Å². The molecule has 3 rings (SSSR count). The number of halogens is 3. The van der Waals surface area contributed by atoms with Crippen LogP contribution in [-0.2, 0) is 6.18 Å². The molecule has 0 aliphatic carbocycles. The fourth-order valence-electron chi connectivity index (χ4n) is 3.33. The average Bonchev–Trinajstić information content (AvgIpc) is 2.73. The molecule has 0 aliphatic rings. The van der Waals surface area contributed by atoms with Gasteiger partial charge in [0.05, 0.1) is 23.9 Å². The van der Waals surface area contributed by atoms with Crippen molar-refractivity contribution in [2.75, 3.05) is 19.0 Å². The smallest absolute Gasteiger partial charge is 0.416 e. The van der Waals surface area contributed by atoms with Gasteiger partial charge in [0.1, 0.15) is 5.75 Å². The lowest BCUT2D eigenvalue weighted by atomic mass is 10.1. The van der Waals surface area contributed by atoms with E-state index in [9.17, 15) is 13.2 Å². The van der Waals surface area contributed by atoms with Gasteiger partial charge in [-0.25, -0.2) is 0 Å². The molecule has 0 spiro atoms. The maximum absolute atomic E-state index is 13.1. The number of rotatable bonds is 8. The van der Waals surface area contributed by atoms with Gasteiger partial charge in [-0.2, -0.15) is 13.2 Å². The number of fused-ring (bicyclic) bond motifs is 1. The Morgan fingerprint density at radius 1 is 1.16 bits per heavy atom. The summed E-state index contributed by atoms with van der Waals surface area (Å²) in [6, 6.07) is 10.3. The Kier molecular flexibility index (Phi) is 6.90. The van der Waals surface area contributed by atoms with E-state index in [0.717, 1.165) is 36.4 Å². The molecule has 5 nitrogen and oxygen atoms in total. The number of anilines is 1. The Morgan fingerprint density at radius 2 is 1.94 bits per heavy atom. The Balaban J connectivity index is 2.07. The van der Waals surface area contributed by atoms with E-state index in [0.29, 0.717) is 28.9 Å². The van der Waals surface area contributed by atoms with Crippen LogP contribution >= 0.6 is 0 Å². The van der Waals surface area contributed by atoms with Gasteiger partial charge in [-0.05, 0) is 63.6 Å². The van der Waals surface area contributed by atoms with Gasteiger partial charge in [-0.15, -0.1) is 0 Å². The normalized spacial score (nSPS) is 12.6. The number of pyridine rings is 1. The lowest BCUT2D eigenvalue weighted by molar-refractivity contribution is -0.137. The van der Waals surface area contributed by atoms with Crippen LogP contribution in [0.25, 0.3) is 10.9 Å². The summed E-state index contributed by atoms with van der Waals surface area (Å²) in [7, 11) is 1.49. The van der Waals surface area contributed by atoms with Crippen molar-refractivity contribution in [3.63, 3.8) is 0 Å². The van der Waals surface area contributed by atoms with Crippen LogP contribution in [-0.4, -0.2) is 24.7 Å². The SMILES string of the molecule is COc1cc(NC(C)CCCN)c2nc(C)ccc2c1Oc1cccc(C(F)(F)F)c1. The largest absolute Gasteiger partial charge is 0.493 e. The minimum Gasteiger partial charge on any atom is -0.493 e. The molecule has 8 heteroatoms. The van der Waals surface area contributed by atoms with Crippen LogP contribution in [0.5, 0.6) is 17.2 Å². The molecule has 1 heterocycles. The van der Waals surface area contributed by atoms with E-state index in [4.69, 9.17) is 15.2 Å². The highest BCUT2D eigenvalue weighted by Gasteiger charge is 2.31. The quantitative estimate of drug-likeness (QED) is 0.463. The fraction of sp³-hybridized carbons (Fsp3) is 0.348. The Labute approximate surface area is 179 Å². The molecule has 3 N–H and O–H groups in total. The number of hydrogen-bond donors (Lipinski definition) is 2. The van der Waals surface area contributed by atoms with Gasteiger partial charge in [0.2, 0.25) is 0 Å². The van der Waals surface area contributed by atoms with Gasteiger partial charge in [-0.3, -0.25) is 4.98 Å². The molecule has 0 bridgehead atoms. The maximum atomic E-state index is 13.1. The van der Waals surface area contributed by atoms with Crippen LogP contribution in [0.2, 0.25) is 0 Å². The molecule has 0 saturated heterocycles. The first-order valence-corrected chi connectivity index (χ1v) is 10.0. The van der Waals surface area contributed by atoms with Crippen LogP contribution in [0, 0.1) is 6.92 Å². The van der Waals surface area contributed by atoms with Crippen LogP contribution in [0.1, 0.15) is 31.0 Å². The predicted molar refractivity (Wildman–Crippen MR) is 116 cm³/mol. The molecule has 3 aromatic rings. The molecule has 2 aromatic carbocycles. The van der Waals surface area contributed by atoms with Crippen molar-refractivity contribution in [3.05, 3.63) is 53.7 Å². The number of alkyl halides is 3. The van der Waals surface area contributed by atoms with Gasteiger partial charge in [0, 0.05) is 23.2 Å². The number of benzene rings is 2. The minimum absolute atomic E-state index is 0.0621. The molecule has 166 valence electrons. The highest BCUT2D eigenvalue weighted by molar-refractivity contribution is 5.97. The van der Waals surface area contributed by atoms with Crippen LogP contribution in [0.15, 0.2) is 42.5 Å². The summed E-state index contributed by atoms with van der Waals surface area (Å²) in [6.45, 7) is 4.53. The lowest BCUT2D eigenvalue weighted by Crippen LogP contribution is -2.17. The van der Waals surface area contributed by atoms with Gasteiger partial charge < -0.3 is 20.5 Å². The van der Waals surface area contributed by atoms with E-state index in [1.807, 2.05) is 19.1 Å². The van der Waals surface area contributed by atoms with Crippen molar-refractivity contribution < 1.29 is 22.6 Å². The van der Waals surface area contributed by atoms with Crippen LogP contribution < -0.4 is 20.5 Å². The number of nitrogens with zero attached hydrogens (tertiary/aromatic N) is 1. The number of nitrogens with one attached hydrogen (secondary N) is 1. The summed E-state index contributed by atoms with van der Waals surface area (Å²) in [5.74, 6) is 0.764. The zero-order valence-corrected chi connectivity index (χ0v) is 17.7. The highest BCUT2D eigenvalue weighted by Crippen LogP contribution is 2.43. The molecule has 31 heavy (non-hydrogen) atoms. The van der Waals surface area contributed by atoms with Gasteiger partial charge in [0.25, 0.3) is 0 Å². The molecule has 0 aliphatic heterocycles. The Hall–Kier alpha value is -3.00. The first kappa shape index (κ1) is 22.7. The molecule has 1 atom stereocenters. The molecule has 0 fully saturated rings. The molecule has 1 aromatic heterocycles. The third kappa shape index (κ3) is 5.38. The van der Waals surface area contributed by atoms with Crippen molar-refractivity contribution >= 4 is 16.6 Å². The highest BCUT2D eigenvalue weighted by atomic mass is 19.4. The number of nitrogens with two attached hydrogens (primary N) is 1. The Bertz CT molecular complexity index is 1050. The summed E-state index contributed by atoms with van der Waals surface area (Å²) in [4.78, 5) is 4.64. The second-order valence-electron chi connectivity index (χ2n) is 7.41. The monoisotopic (exact) mass is 433 g/mol. The Morgan fingerprint density at radius 3 is 2.61 bits per heavy atom. The number of aromatic nitrogens is 1. The third-order valence-electron chi connectivity index (χ3n) is 4.88. The van der Waals surface area contributed by atoms with E-state index in [1.54, 1.807) is 6.07 Å². The average molecular weight is 433 g/mol. The standard InChI is InChI=1S/C23H26F3N3O2/c1-14(6-5-11-27)28-19-13-20(30-3)22(18-10-9-15(2)29-21(18)19)31-17-8-4-7-16(12-17)23(24,25)26/h4,7-10,12-14,28H,5-6,11,27H2,1-3H3. The summed E-state index contributed by atoms with van der Waals surface area (Å²) in [5.41, 5.74) is 7.05. The van der Waals surface area contributed by atoms with E-state index >= 15 is 0 Å². The maximum Gasteiger partial charge on any atom is 0.416 e. The number of ether oxygens (including phenoxy) is 2. The molecule has 0 amide bonds. The third-order valence-corrected chi connectivity index (χ3v) is 4.88. The molecular formula is C23H26F3N3O2. The van der Waals surface area contributed by atoms with Crippen LogP contribution in [0.3, 0.4) is 0 Å². The zero-order chi connectivity index (χ0) is 22.6. The van der Waals surface area contributed by atoms with Gasteiger partial charge >= 0.3 is 6.18 Å². The molecule has 0 saturated carbocycles. The topological polar surface area (TPSA) is 69.4 Å². The van der Waals surface area contributed by atoms with E-state index in [1.165, 1.54) is 19.2 Å². The second-order valence-corrected chi connectivity index (χ2v) is 7.41. The number of hydrogen-bond acceptors (Lipinski definition) is 5. The molecule has 0 radical (unpaired) electrons. The predicted octanol–water partition coefficient (Wildman–Crippen LogP) is 5.90. The first-order chi connectivity index (χ1) is 14.7. The summed E-state index contributed by atoms with van der Waals surface area (Å²) < 4.78 is 50.7. The second kappa shape index (κ2) is 9.43.